The standard InChI is InChI=1S/C7H10N4/c1-4-5-11-7(8-3)9-6(2)10-11/h4-5H,3H2,1-2H3. The normalized spacial score (nSPS) is 10.7. The van der Waals surface area contributed by atoms with Gasteiger partial charge in [-0.25, -0.2) is 9.67 Å². The first-order valence-electron chi connectivity index (χ1n) is 3.30. The van der Waals surface area contributed by atoms with Gasteiger partial charge in [-0.05, 0) is 20.6 Å². The molecule has 0 aliphatic heterocycles. The summed E-state index contributed by atoms with van der Waals surface area (Å²) in [6.45, 7) is 7.10. The Morgan fingerprint density at radius 2 is 2.36 bits per heavy atom. The van der Waals surface area contributed by atoms with Gasteiger partial charge in [0, 0.05) is 6.20 Å². The van der Waals surface area contributed by atoms with E-state index in [0.717, 1.165) is 0 Å². The Balaban J connectivity index is 3.11. The van der Waals surface area contributed by atoms with Crippen LogP contribution in [0.1, 0.15) is 12.7 Å². The van der Waals surface area contributed by atoms with E-state index >= 15 is 0 Å². The van der Waals surface area contributed by atoms with Gasteiger partial charge in [0.05, 0.1) is 0 Å². The second-order valence-corrected chi connectivity index (χ2v) is 2.04. The van der Waals surface area contributed by atoms with E-state index in [2.05, 4.69) is 21.8 Å². The van der Waals surface area contributed by atoms with Crippen LogP contribution < -0.4 is 0 Å². The third kappa shape index (κ3) is 1.52. The van der Waals surface area contributed by atoms with Crippen molar-refractivity contribution in [2.75, 3.05) is 0 Å². The van der Waals surface area contributed by atoms with Gasteiger partial charge in [0.1, 0.15) is 5.82 Å². The molecule has 0 bridgehead atoms. The van der Waals surface area contributed by atoms with Crippen LogP contribution in [0, 0.1) is 6.92 Å². The van der Waals surface area contributed by atoms with E-state index in [1.807, 2.05) is 19.9 Å². The van der Waals surface area contributed by atoms with Crippen molar-refractivity contribution in [3.05, 3.63) is 11.9 Å². The number of hydrogen-bond acceptors (Lipinski definition) is 3. The second-order valence-electron chi connectivity index (χ2n) is 2.04. The predicted molar refractivity (Wildman–Crippen MR) is 45.0 cm³/mol. The zero-order chi connectivity index (χ0) is 8.27. The smallest absolute Gasteiger partial charge is 0.228 e. The molecule has 0 amide bonds. The van der Waals surface area contributed by atoms with Gasteiger partial charge < -0.3 is 0 Å². The molecule has 0 unspecified atom stereocenters. The second kappa shape index (κ2) is 3.09. The van der Waals surface area contributed by atoms with Crippen LogP contribution in [0.3, 0.4) is 0 Å². The third-order valence-electron chi connectivity index (χ3n) is 1.15. The minimum Gasteiger partial charge on any atom is -0.228 e. The fourth-order valence-electron chi connectivity index (χ4n) is 0.768. The summed E-state index contributed by atoms with van der Waals surface area (Å²) in [5.74, 6) is 1.23. The number of nitrogens with zero attached hydrogens (tertiary/aromatic N) is 4. The van der Waals surface area contributed by atoms with Gasteiger partial charge in [-0.3, -0.25) is 0 Å². The maximum Gasteiger partial charge on any atom is 0.251 e. The fraction of sp³-hybridized carbons (Fsp3) is 0.286. The first-order valence-corrected chi connectivity index (χ1v) is 3.30. The summed E-state index contributed by atoms with van der Waals surface area (Å²) in [6.07, 6.45) is 3.65. The SMILES string of the molecule is C=Nc1nc(C)nn1C=CC. The molecular formula is C7H10N4. The molecule has 4 heteroatoms. The van der Waals surface area contributed by atoms with Crippen LogP contribution in [-0.2, 0) is 0 Å². The molecule has 58 valence electrons. The zero-order valence-corrected chi connectivity index (χ0v) is 6.65. The highest BCUT2D eigenvalue weighted by Gasteiger charge is 1.99. The average molecular weight is 150 g/mol. The molecule has 1 aromatic heterocycles. The van der Waals surface area contributed by atoms with Gasteiger partial charge in [0.15, 0.2) is 0 Å². The number of aromatic nitrogens is 3. The number of hydrogen-bond donors (Lipinski definition) is 0. The van der Waals surface area contributed by atoms with E-state index in [4.69, 9.17) is 0 Å². The maximum atomic E-state index is 4.06. The van der Waals surface area contributed by atoms with Crippen LogP contribution in [-0.4, -0.2) is 21.5 Å². The predicted octanol–water partition coefficient (Wildman–Crippen LogP) is 1.41. The Hall–Kier alpha value is -1.45. The maximum absolute atomic E-state index is 4.06. The van der Waals surface area contributed by atoms with Crippen LogP contribution in [0.2, 0.25) is 0 Å². The lowest BCUT2D eigenvalue weighted by Gasteiger charge is -1.89. The lowest BCUT2D eigenvalue weighted by atomic mass is 10.7. The lowest BCUT2D eigenvalue weighted by Crippen LogP contribution is -1.87. The summed E-state index contributed by atoms with van der Waals surface area (Å²) < 4.78 is 1.59. The van der Waals surface area contributed by atoms with Crippen molar-refractivity contribution >= 4 is 18.9 Å². The third-order valence-corrected chi connectivity index (χ3v) is 1.15. The highest BCUT2D eigenvalue weighted by Crippen LogP contribution is 2.07. The van der Waals surface area contributed by atoms with E-state index in [1.165, 1.54) is 0 Å². The minimum atomic E-state index is 0.528. The van der Waals surface area contributed by atoms with Gasteiger partial charge in [-0.1, -0.05) is 6.08 Å². The fourth-order valence-corrected chi connectivity index (χ4v) is 0.768. The Morgan fingerprint density at radius 1 is 1.64 bits per heavy atom. The van der Waals surface area contributed by atoms with Crippen LogP contribution in [0.15, 0.2) is 11.1 Å². The van der Waals surface area contributed by atoms with Crippen LogP contribution in [0.25, 0.3) is 6.20 Å². The molecule has 0 saturated carbocycles. The topological polar surface area (TPSA) is 43.1 Å². The average Bonchev–Trinajstić information content (AvgIpc) is 2.32. The van der Waals surface area contributed by atoms with E-state index in [0.29, 0.717) is 11.8 Å². The summed E-state index contributed by atoms with van der Waals surface area (Å²) in [5, 5.41) is 4.06. The Morgan fingerprint density at radius 3 is 2.91 bits per heavy atom. The van der Waals surface area contributed by atoms with Crippen molar-refractivity contribution < 1.29 is 0 Å². The molecule has 1 heterocycles. The number of aryl methyl sites for hydroxylation is 1. The lowest BCUT2D eigenvalue weighted by molar-refractivity contribution is 0.910. The number of allylic oxidation sites excluding steroid dienone is 1. The van der Waals surface area contributed by atoms with Crippen molar-refractivity contribution in [2.24, 2.45) is 4.99 Å². The number of aliphatic imine (C=N–C) groups is 1. The minimum absolute atomic E-state index is 0.528. The van der Waals surface area contributed by atoms with E-state index in [-0.39, 0.29) is 0 Å². The highest BCUT2D eigenvalue weighted by atomic mass is 15.4. The molecule has 0 fully saturated rings. The van der Waals surface area contributed by atoms with Gasteiger partial charge in [0.25, 0.3) is 5.95 Å². The van der Waals surface area contributed by atoms with Crippen molar-refractivity contribution in [1.82, 2.24) is 14.8 Å². The summed E-state index contributed by atoms with van der Waals surface area (Å²) in [7, 11) is 0. The summed E-state index contributed by atoms with van der Waals surface area (Å²) in [6, 6.07) is 0. The largest absolute Gasteiger partial charge is 0.251 e. The molecule has 0 aliphatic carbocycles. The highest BCUT2D eigenvalue weighted by molar-refractivity contribution is 5.39. The van der Waals surface area contributed by atoms with Crippen LogP contribution in [0.4, 0.5) is 5.95 Å². The van der Waals surface area contributed by atoms with Gasteiger partial charge >= 0.3 is 0 Å². The first-order chi connectivity index (χ1) is 5.27. The molecule has 0 aliphatic rings. The Labute approximate surface area is 65.3 Å². The van der Waals surface area contributed by atoms with Gasteiger partial charge in [-0.15, -0.1) is 0 Å². The zero-order valence-electron chi connectivity index (χ0n) is 6.65. The molecule has 1 aromatic rings. The van der Waals surface area contributed by atoms with E-state index in [1.54, 1.807) is 10.9 Å². The summed E-state index contributed by atoms with van der Waals surface area (Å²) in [5.41, 5.74) is 0. The molecule has 1 rings (SSSR count). The molecular weight excluding hydrogens is 140 g/mol. The van der Waals surface area contributed by atoms with E-state index < -0.39 is 0 Å². The monoisotopic (exact) mass is 150 g/mol. The molecule has 0 atom stereocenters. The quantitative estimate of drug-likeness (QED) is 0.598. The molecule has 11 heavy (non-hydrogen) atoms. The first kappa shape index (κ1) is 7.65. The Bertz CT molecular complexity index is 285. The van der Waals surface area contributed by atoms with Crippen LogP contribution >= 0.6 is 0 Å². The van der Waals surface area contributed by atoms with Gasteiger partial charge in [-0.2, -0.15) is 10.1 Å². The molecule has 4 nitrogen and oxygen atoms in total. The molecule has 0 spiro atoms. The van der Waals surface area contributed by atoms with Crippen molar-refractivity contribution in [3.63, 3.8) is 0 Å². The Kier molecular flexibility index (Phi) is 2.15. The van der Waals surface area contributed by atoms with E-state index in [9.17, 15) is 0 Å². The molecule has 0 radical (unpaired) electrons. The summed E-state index contributed by atoms with van der Waals surface area (Å²) >= 11 is 0. The molecule has 0 saturated heterocycles. The van der Waals surface area contributed by atoms with Crippen molar-refractivity contribution in [1.29, 1.82) is 0 Å². The van der Waals surface area contributed by atoms with Crippen LogP contribution in [0.5, 0.6) is 0 Å². The molecule has 0 N–H and O–H groups in total. The number of rotatable bonds is 2. The van der Waals surface area contributed by atoms with Crippen molar-refractivity contribution in [2.45, 2.75) is 13.8 Å². The summed E-state index contributed by atoms with van der Waals surface area (Å²) in [4.78, 5) is 7.72. The van der Waals surface area contributed by atoms with Gasteiger partial charge in [0.2, 0.25) is 0 Å². The molecule has 0 aromatic carbocycles. The van der Waals surface area contributed by atoms with Crippen molar-refractivity contribution in [3.8, 4) is 0 Å².